The van der Waals surface area contributed by atoms with Gasteiger partial charge in [-0.1, -0.05) is 5.21 Å². The van der Waals surface area contributed by atoms with Gasteiger partial charge in [0.2, 0.25) is 0 Å². The Kier molecular flexibility index (Phi) is 4.87. The third kappa shape index (κ3) is 4.49. The summed E-state index contributed by atoms with van der Waals surface area (Å²) in [6, 6.07) is 1.40. The van der Waals surface area contributed by atoms with Crippen molar-refractivity contribution in [1.82, 2.24) is 30.1 Å². The number of hydrogen-bond donors (Lipinski definition) is 1. The molecule has 0 amide bonds. The minimum absolute atomic E-state index is 0.670. The first kappa shape index (κ1) is 14.9. The van der Waals surface area contributed by atoms with Gasteiger partial charge in [-0.2, -0.15) is 0 Å². The van der Waals surface area contributed by atoms with E-state index in [1.807, 2.05) is 4.68 Å². The Morgan fingerprint density at radius 3 is 2.62 bits per heavy atom. The highest BCUT2D eigenvalue weighted by atomic mass is 15.4. The van der Waals surface area contributed by atoms with Crippen LogP contribution in [0, 0.1) is 0 Å². The van der Waals surface area contributed by atoms with Gasteiger partial charge < -0.3 is 5.32 Å². The van der Waals surface area contributed by atoms with Crippen molar-refractivity contribution < 1.29 is 0 Å². The van der Waals surface area contributed by atoms with E-state index >= 15 is 0 Å². The molecule has 0 aromatic carbocycles. The van der Waals surface area contributed by atoms with E-state index in [4.69, 9.17) is 0 Å². The van der Waals surface area contributed by atoms with E-state index < -0.39 is 0 Å². The molecular weight excluding hydrogens is 264 g/mol. The van der Waals surface area contributed by atoms with E-state index in [2.05, 4.69) is 45.5 Å². The largest absolute Gasteiger partial charge is 0.308 e. The predicted octanol–water partition coefficient (Wildman–Crippen LogP) is 0.556. The summed E-state index contributed by atoms with van der Waals surface area (Å²) in [5.74, 6) is 0. The molecule has 0 unspecified atom stereocenters. The fourth-order valence-corrected chi connectivity index (χ4v) is 2.81. The summed E-state index contributed by atoms with van der Waals surface area (Å²) in [6.45, 7) is 12.1. The Morgan fingerprint density at radius 2 is 1.95 bits per heavy atom. The van der Waals surface area contributed by atoms with Crippen molar-refractivity contribution in [2.75, 3.05) is 32.7 Å². The standard InChI is InChI=1S/C15H28N6/c1-13(2)20-8-5-19(6-9-20)7-10-21-12-15(17-18-21)11-16-14-3-4-14/h12-14,16H,3-11H2,1-2H3. The molecule has 1 saturated carbocycles. The van der Waals surface area contributed by atoms with Crippen LogP contribution in [0.25, 0.3) is 0 Å². The number of rotatable bonds is 7. The predicted molar refractivity (Wildman–Crippen MR) is 83.0 cm³/mol. The van der Waals surface area contributed by atoms with Gasteiger partial charge in [-0.25, -0.2) is 0 Å². The normalized spacial score (nSPS) is 21.3. The van der Waals surface area contributed by atoms with Gasteiger partial charge in [0, 0.05) is 57.5 Å². The number of nitrogens with one attached hydrogen (secondary N) is 1. The molecule has 0 atom stereocenters. The molecule has 6 nitrogen and oxygen atoms in total. The lowest BCUT2D eigenvalue weighted by molar-refractivity contribution is 0.105. The molecule has 21 heavy (non-hydrogen) atoms. The highest BCUT2D eigenvalue weighted by Crippen LogP contribution is 2.18. The maximum absolute atomic E-state index is 4.24. The van der Waals surface area contributed by atoms with E-state index in [9.17, 15) is 0 Å². The molecule has 1 aromatic rings. The Balaban J connectivity index is 1.37. The van der Waals surface area contributed by atoms with E-state index in [1.54, 1.807) is 0 Å². The zero-order valence-electron chi connectivity index (χ0n) is 13.3. The SMILES string of the molecule is CC(C)N1CCN(CCn2cc(CNC3CC3)nn2)CC1. The Labute approximate surface area is 127 Å². The number of piperazine rings is 1. The van der Waals surface area contributed by atoms with Crippen LogP contribution in [-0.2, 0) is 13.1 Å². The molecule has 118 valence electrons. The Hall–Kier alpha value is -0.980. The third-order valence-electron chi connectivity index (χ3n) is 4.52. The van der Waals surface area contributed by atoms with E-state index in [0.717, 1.165) is 31.4 Å². The fourth-order valence-electron chi connectivity index (χ4n) is 2.81. The van der Waals surface area contributed by atoms with Crippen molar-refractivity contribution in [2.45, 2.75) is 51.9 Å². The average Bonchev–Trinajstić information content (AvgIpc) is 3.21. The van der Waals surface area contributed by atoms with E-state index in [1.165, 1.54) is 39.0 Å². The van der Waals surface area contributed by atoms with Crippen LogP contribution in [0.1, 0.15) is 32.4 Å². The third-order valence-corrected chi connectivity index (χ3v) is 4.52. The fraction of sp³-hybridized carbons (Fsp3) is 0.867. The first-order chi connectivity index (χ1) is 10.2. The van der Waals surface area contributed by atoms with Crippen LogP contribution >= 0.6 is 0 Å². The minimum atomic E-state index is 0.670. The summed E-state index contributed by atoms with van der Waals surface area (Å²) in [5, 5.41) is 11.9. The van der Waals surface area contributed by atoms with Crippen LogP contribution < -0.4 is 5.32 Å². The van der Waals surface area contributed by atoms with Crippen molar-refractivity contribution in [2.24, 2.45) is 0 Å². The maximum Gasteiger partial charge on any atom is 0.0964 e. The van der Waals surface area contributed by atoms with Crippen LogP contribution in [0.15, 0.2) is 6.20 Å². The Bertz CT molecular complexity index is 431. The van der Waals surface area contributed by atoms with Crippen LogP contribution in [0.2, 0.25) is 0 Å². The van der Waals surface area contributed by atoms with Gasteiger partial charge in [0.05, 0.1) is 12.2 Å². The smallest absolute Gasteiger partial charge is 0.0964 e. The summed E-state index contributed by atoms with van der Waals surface area (Å²) >= 11 is 0. The summed E-state index contributed by atoms with van der Waals surface area (Å²) in [7, 11) is 0. The molecule has 0 bridgehead atoms. The molecular formula is C15H28N6. The van der Waals surface area contributed by atoms with Crippen molar-refractivity contribution in [3.8, 4) is 0 Å². The maximum atomic E-state index is 4.24. The second-order valence-corrected chi connectivity index (χ2v) is 6.60. The lowest BCUT2D eigenvalue weighted by Gasteiger charge is -2.36. The van der Waals surface area contributed by atoms with Gasteiger partial charge in [-0.05, 0) is 26.7 Å². The molecule has 1 aliphatic heterocycles. The molecule has 1 aromatic heterocycles. The number of aromatic nitrogens is 3. The summed E-state index contributed by atoms with van der Waals surface area (Å²) in [6.07, 6.45) is 4.72. The lowest BCUT2D eigenvalue weighted by atomic mass is 10.2. The quantitative estimate of drug-likeness (QED) is 0.795. The lowest BCUT2D eigenvalue weighted by Crippen LogP contribution is -2.49. The summed E-state index contributed by atoms with van der Waals surface area (Å²) < 4.78 is 1.98. The minimum Gasteiger partial charge on any atom is -0.308 e. The van der Waals surface area contributed by atoms with Crippen molar-refractivity contribution in [3.63, 3.8) is 0 Å². The molecule has 2 heterocycles. The van der Waals surface area contributed by atoms with Crippen molar-refractivity contribution in [1.29, 1.82) is 0 Å². The molecule has 1 saturated heterocycles. The highest BCUT2D eigenvalue weighted by Gasteiger charge is 2.21. The monoisotopic (exact) mass is 292 g/mol. The first-order valence-corrected chi connectivity index (χ1v) is 8.29. The Morgan fingerprint density at radius 1 is 1.19 bits per heavy atom. The average molecular weight is 292 g/mol. The van der Waals surface area contributed by atoms with Gasteiger partial charge >= 0.3 is 0 Å². The molecule has 2 aliphatic rings. The molecule has 2 fully saturated rings. The molecule has 3 rings (SSSR count). The zero-order chi connectivity index (χ0) is 14.7. The van der Waals surface area contributed by atoms with Gasteiger partial charge in [0.1, 0.15) is 0 Å². The topological polar surface area (TPSA) is 49.2 Å². The van der Waals surface area contributed by atoms with Crippen LogP contribution in [0.5, 0.6) is 0 Å². The van der Waals surface area contributed by atoms with Gasteiger partial charge in [0.25, 0.3) is 0 Å². The van der Waals surface area contributed by atoms with Gasteiger partial charge in [-0.15, -0.1) is 5.10 Å². The van der Waals surface area contributed by atoms with Gasteiger partial charge in [-0.3, -0.25) is 14.5 Å². The van der Waals surface area contributed by atoms with Crippen molar-refractivity contribution >= 4 is 0 Å². The molecule has 0 spiro atoms. The van der Waals surface area contributed by atoms with Crippen LogP contribution in [-0.4, -0.2) is 69.6 Å². The van der Waals surface area contributed by atoms with E-state index in [0.29, 0.717) is 6.04 Å². The summed E-state index contributed by atoms with van der Waals surface area (Å²) in [5.41, 5.74) is 1.06. The number of nitrogens with zero attached hydrogens (tertiary/aromatic N) is 5. The summed E-state index contributed by atoms with van der Waals surface area (Å²) in [4.78, 5) is 5.08. The van der Waals surface area contributed by atoms with E-state index in [-0.39, 0.29) is 0 Å². The molecule has 0 radical (unpaired) electrons. The zero-order valence-corrected chi connectivity index (χ0v) is 13.3. The second-order valence-electron chi connectivity index (χ2n) is 6.60. The number of hydrogen-bond acceptors (Lipinski definition) is 5. The van der Waals surface area contributed by atoms with Crippen LogP contribution in [0.3, 0.4) is 0 Å². The first-order valence-electron chi connectivity index (χ1n) is 8.29. The van der Waals surface area contributed by atoms with Crippen molar-refractivity contribution in [3.05, 3.63) is 11.9 Å². The highest BCUT2D eigenvalue weighted by molar-refractivity contribution is 4.94. The van der Waals surface area contributed by atoms with Gasteiger partial charge in [0.15, 0.2) is 0 Å². The second kappa shape index (κ2) is 6.85. The molecule has 1 aliphatic carbocycles. The molecule has 1 N–H and O–H groups in total. The van der Waals surface area contributed by atoms with Crippen LogP contribution in [0.4, 0.5) is 0 Å². The molecule has 6 heteroatoms.